The molecular formula is C12H13N5O3S. The second-order valence-corrected chi connectivity index (χ2v) is 4.49. The molecular weight excluding hydrogens is 294 g/mol. The number of thiocarbonyl (C=S) groups is 1. The van der Waals surface area contributed by atoms with E-state index in [0.29, 0.717) is 22.6 Å². The number of hydrogen-bond donors (Lipinski definition) is 5. The number of nitro benzene ring substituents is 1. The highest BCUT2D eigenvalue weighted by Gasteiger charge is 2.14. The third-order valence-electron chi connectivity index (χ3n) is 2.68. The second kappa shape index (κ2) is 6.09. The van der Waals surface area contributed by atoms with Gasteiger partial charge in [-0.25, -0.2) is 0 Å². The van der Waals surface area contributed by atoms with E-state index in [0.717, 1.165) is 0 Å². The second-order valence-electron chi connectivity index (χ2n) is 4.08. The maximum atomic E-state index is 10.8. The Hall–Kier alpha value is -2.81. The molecule has 0 unspecified atom stereocenters. The van der Waals surface area contributed by atoms with Crippen LogP contribution >= 0.6 is 12.2 Å². The van der Waals surface area contributed by atoms with Gasteiger partial charge in [0.25, 0.3) is 5.69 Å². The Morgan fingerprint density at radius 1 is 1.57 bits per heavy atom. The van der Waals surface area contributed by atoms with Crippen molar-refractivity contribution in [3.05, 3.63) is 41.0 Å². The van der Waals surface area contributed by atoms with Crippen molar-refractivity contribution < 1.29 is 10.0 Å². The highest BCUT2D eigenvalue weighted by atomic mass is 32.1. The molecule has 0 aliphatic carbocycles. The summed E-state index contributed by atoms with van der Waals surface area (Å²) >= 11 is 4.99. The largest absolute Gasteiger partial charge is 0.493 e. The number of fused-ring (bicyclic) bond motifs is 1. The van der Waals surface area contributed by atoms with Crippen LogP contribution in [0.3, 0.4) is 0 Å². The molecule has 5 N–H and O–H groups in total. The smallest absolute Gasteiger partial charge is 0.270 e. The minimum Gasteiger partial charge on any atom is -0.493 e. The molecule has 9 heteroatoms. The standard InChI is InChI=1S/C12H13N5O3S/c1-2-5-13-12(21)16-15-10-8-6-7(17(19)20)3-4-9(8)14-11(10)18/h2-4,6,14-15,18H,1,5H2,(H2,13,16,21). The van der Waals surface area contributed by atoms with Gasteiger partial charge in [-0.3, -0.25) is 21.0 Å². The van der Waals surface area contributed by atoms with Crippen LogP contribution in [-0.4, -0.2) is 26.7 Å². The van der Waals surface area contributed by atoms with Crippen LogP contribution in [0.25, 0.3) is 10.9 Å². The quantitative estimate of drug-likeness (QED) is 0.247. The van der Waals surface area contributed by atoms with Crippen LogP contribution in [0.2, 0.25) is 0 Å². The van der Waals surface area contributed by atoms with Crippen LogP contribution in [-0.2, 0) is 0 Å². The van der Waals surface area contributed by atoms with E-state index < -0.39 is 4.92 Å². The number of aromatic amines is 1. The third kappa shape index (κ3) is 3.20. The van der Waals surface area contributed by atoms with Gasteiger partial charge in [0.05, 0.1) is 10.4 Å². The molecule has 0 amide bonds. The molecule has 1 heterocycles. The van der Waals surface area contributed by atoms with Crippen LogP contribution in [0.5, 0.6) is 5.88 Å². The fraction of sp³-hybridized carbons (Fsp3) is 0.0833. The molecule has 110 valence electrons. The van der Waals surface area contributed by atoms with Gasteiger partial charge in [-0.1, -0.05) is 6.08 Å². The average molecular weight is 307 g/mol. The fourth-order valence-electron chi connectivity index (χ4n) is 1.73. The summed E-state index contributed by atoms with van der Waals surface area (Å²) in [7, 11) is 0. The van der Waals surface area contributed by atoms with Crippen LogP contribution in [0.1, 0.15) is 0 Å². The van der Waals surface area contributed by atoms with Gasteiger partial charge in [-0.2, -0.15) is 0 Å². The first-order valence-electron chi connectivity index (χ1n) is 5.92. The van der Waals surface area contributed by atoms with E-state index >= 15 is 0 Å². The summed E-state index contributed by atoms with van der Waals surface area (Å²) in [5.74, 6) is -0.149. The molecule has 1 aromatic carbocycles. The minimum absolute atomic E-state index is 0.0723. The van der Waals surface area contributed by atoms with Gasteiger partial charge < -0.3 is 15.4 Å². The van der Waals surface area contributed by atoms with E-state index in [2.05, 4.69) is 27.7 Å². The number of aromatic hydroxyl groups is 1. The van der Waals surface area contributed by atoms with Crippen molar-refractivity contribution in [2.75, 3.05) is 12.0 Å². The average Bonchev–Trinajstić information content (AvgIpc) is 2.77. The van der Waals surface area contributed by atoms with E-state index in [1.54, 1.807) is 6.08 Å². The summed E-state index contributed by atoms with van der Waals surface area (Å²) in [6.45, 7) is 4.03. The molecule has 1 aromatic heterocycles. The number of aromatic nitrogens is 1. The number of rotatable bonds is 5. The van der Waals surface area contributed by atoms with Gasteiger partial charge in [-0.15, -0.1) is 6.58 Å². The Morgan fingerprint density at radius 2 is 2.33 bits per heavy atom. The Labute approximate surface area is 125 Å². The van der Waals surface area contributed by atoms with Crippen molar-refractivity contribution in [1.29, 1.82) is 0 Å². The monoisotopic (exact) mass is 307 g/mol. The van der Waals surface area contributed by atoms with E-state index in [1.807, 2.05) is 0 Å². The Morgan fingerprint density at radius 3 is 3.00 bits per heavy atom. The Balaban J connectivity index is 2.23. The van der Waals surface area contributed by atoms with E-state index in [1.165, 1.54) is 18.2 Å². The molecule has 0 atom stereocenters. The lowest BCUT2D eigenvalue weighted by Crippen LogP contribution is -2.38. The van der Waals surface area contributed by atoms with Crippen molar-refractivity contribution >= 4 is 39.6 Å². The summed E-state index contributed by atoms with van der Waals surface area (Å²) in [6, 6.07) is 4.23. The number of anilines is 1. The van der Waals surface area contributed by atoms with Crippen molar-refractivity contribution in [3.8, 4) is 5.88 Å². The number of nitrogens with one attached hydrogen (secondary N) is 4. The molecule has 8 nitrogen and oxygen atoms in total. The Kier molecular flexibility index (Phi) is 4.24. The van der Waals surface area contributed by atoms with Crippen LogP contribution in [0.4, 0.5) is 11.4 Å². The molecule has 0 radical (unpaired) electrons. The molecule has 2 aromatic rings. The summed E-state index contributed by atoms with van der Waals surface area (Å²) in [5, 5.41) is 24.3. The van der Waals surface area contributed by atoms with Crippen molar-refractivity contribution in [3.63, 3.8) is 0 Å². The van der Waals surface area contributed by atoms with Gasteiger partial charge >= 0.3 is 0 Å². The lowest BCUT2D eigenvalue weighted by atomic mass is 10.2. The molecule has 0 aliphatic rings. The number of H-pyrrole nitrogens is 1. The van der Waals surface area contributed by atoms with Crippen LogP contribution in [0, 0.1) is 10.1 Å². The topological polar surface area (TPSA) is 115 Å². The number of hydrazine groups is 1. The number of nitrogens with zero attached hydrogens (tertiary/aromatic N) is 1. The predicted molar refractivity (Wildman–Crippen MR) is 84.2 cm³/mol. The first-order valence-corrected chi connectivity index (χ1v) is 6.33. The molecule has 21 heavy (non-hydrogen) atoms. The number of non-ortho nitro benzene ring substituents is 1. The lowest BCUT2D eigenvalue weighted by molar-refractivity contribution is -0.384. The number of hydrogen-bond acceptors (Lipinski definition) is 5. The SMILES string of the molecule is C=CCNC(=S)NNc1c(O)[nH]c2ccc([N+](=O)[O-])cc12. The summed E-state index contributed by atoms with van der Waals surface area (Å²) < 4.78 is 0. The highest BCUT2D eigenvalue weighted by molar-refractivity contribution is 7.80. The number of benzene rings is 1. The van der Waals surface area contributed by atoms with Crippen molar-refractivity contribution in [2.45, 2.75) is 0 Å². The first-order chi connectivity index (χ1) is 10.0. The molecule has 0 saturated heterocycles. The normalized spacial score (nSPS) is 10.1. The molecule has 0 bridgehead atoms. The third-order valence-corrected chi connectivity index (χ3v) is 2.93. The van der Waals surface area contributed by atoms with Crippen LogP contribution < -0.4 is 16.2 Å². The zero-order valence-electron chi connectivity index (χ0n) is 10.8. The van der Waals surface area contributed by atoms with E-state index in [-0.39, 0.29) is 17.3 Å². The molecule has 0 fully saturated rings. The molecule has 0 saturated carbocycles. The van der Waals surface area contributed by atoms with Crippen molar-refractivity contribution in [2.24, 2.45) is 0 Å². The van der Waals surface area contributed by atoms with Gasteiger partial charge in [0.2, 0.25) is 5.88 Å². The zero-order chi connectivity index (χ0) is 15.4. The van der Waals surface area contributed by atoms with E-state index in [9.17, 15) is 15.2 Å². The van der Waals surface area contributed by atoms with Crippen LogP contribution in [0.15, 0.2) is 30.9 Å². The highest BCUT2D eigenvalue weighted by Crippen LogP contribution is 2.34. The molecule has 0 spiro atoms. The van der Waals surface area contributed by atoms with Gasteiger partial charge in [0.15, 0.2) is 5.11 Å². The Bertz CT molecular complexity index is 712. The summed E-state index contributed by atoms with van der Waals surface area (Å²) in [6.07, 6.45) is 1.64. The van der Waals surface area contributed by atoms with Crippen molar-refractivity contribution in [1.82, 2.24) is 15.7 Å². The predicted octanol–water partition coefficient (Wildman–Crippen LogP) is 1.76. The summed E-state index contributed by atoms with van der Waals surface area (Å²) in [4.78, 5) is 13.0. The number of nitro groups is 1. The minimum atomic E-state index is -0.503. The van der Waals surface area contributed by atoms with Gasteiger partial charge in [0, 0.05) is 24.1 Å². The van der Waals surface area contributed by atoms with Gasteiger partial charge in [0.1, 0.15) is 5.69 Å². The fourth-order valence-corrected chi connectivity index (χ4v) is 1.87. The van der Waals surface area contributed by atoms with Gasteiger partial charge in [-0.05, 0) is 18.3 Å². The molecule has 0 aliphatic heterocycles. The first kappa shape index (κ1) is 14.6. The van der Waals surface area contributed by atoms with E-state index in [4.69, 9.17) is 12.2 Å². The summed E-state index contributed by atoms with van der Waals surface area (Å²) in [5.41, 5.74) is 6.16. The lowest BCUT2D eigenvalue weighted by Gasteiger charge is -2.10. The zero-order valence-corrected chi connectivity index (χ0v) is 11.7. The molecule has 2 rings (SSSR count). The maximum Gasteiger partial charge on any atom is 0.270 e. The maximum absolute atomic E-state index is 10.8.